The number of hydrogen-bond acceptors (Lipinski definition) is 4. The monoisotopic (exact) mass is 261 g/mol. The van der Waals surface area contributed by atoms with Crippen LogP contribution < -0.4 is 4.74 Å². The molecule has 0 bridgehead atoms. The molecule has 0 saturated carbocycles. The Kier molecular flexibility index (Phi) is 3.29. The predicted molar refractivity (Wildman–Crippen MR) is 69.7 cm³/mol. The topological polar surface area (TPSA) is 72.6 Å². The first kappa shape index (κ1) is 13.1. The quantitative estimate of drug-likeness (QED) is 0.919. The molecular formula is C14H15NO4. The smallest absolute Gasteiger partial charge is 0.375 e. The van der Waals surface area contributed by atoms with E-state index < -0.39 is 5.97 Å². The van der Waals surface area contributed by atoms with Crippen LogP contribution in [-0.2, 0) is 0 Å². The lowest BCUT2D eigenvalue weighted by atomic mass is 9.97. The number of aromatic carboxylic acids is 1. The maximum Gasteiger partial charge on any atom is 0.375 e. The highest BCUT2D eigenvalue weighted by Gasteiger charge is 2.21. The number of rotatable bonds is 3. The van der Waals surface area contributed by atoms with Crippen molar-refractivity contribution in [3.05, 3.63) is 34.6 Å². The number of aromatic nitrogens is 1. The Balaban J connectivity index is 2.63. The van der Waals surface area contributed by atoms with E-state index in [9.17, 15) is 4.79 Å². The Morgan fingerprint density at radius 2 is 1.84 bits per heavy atom. The SMILES string of the molecule is COc1cc(C)c(-c2noc(C(=O)O)c2C)c(C)c1. The Morgan fingerprint density at radius 1 is 1.26 bits per heavy atom. The van der Waals surface area contributed by atoms with Crippen molar-refractivity contribution in [1.29, 1.82) is 0 Å². The second-order valence-corrected chi connectivity index (χ2v) is 4.43. The number of ether oxygens (including phenoxy) is 1. The number of nitrogens with zero attached hydrogens (tertiary/aromatic N) is 1. The van der Waals surface area contributed by atoms with Gasteiger partial charge < -0.3 is 14.4 Å². The first-order chi connectivity index (χ1) is 8.95. The summed E-state index contributed by atoms with van der Waals surface area (Å²) in [6, 6.07) is 3.77. The van der Waals surface area contributed by atoms with Gasteiger partial charge in [0.15, 0.2) is 0 Å². The minimum atomic E-state index is -1.11. The molecule has 5 heteroatoms. The normalized spacial score (nSPS) is 10.5. The summed E-state index contributed by atoms with van der Waals surface area (Å²) in [5.74, 6) is -0.469. The van der Waals surface area contributed by atoms with Crippen molar-refractivity contribution >= 4 is 5.97 Å². The molecule has 100 valence electrons. The van der Waals surface area contributed by atoms with E-state index in [2.05, 4.69) is 5.16 Å². The lowest BCUT2D eigenvalue weighted by molar-refractivity contribution is 0.0651. The van der Waals surface area contributed by atoms with Crippen molar-refractivity contribution in [2.75, 3.05) is 7.11 Å². The number of carboxylic acids is 1. The molecule has 2 aromatic rings. The van der Waals surface area contributed by atoms with Gasteiger partial charge in [-0.15, -0.1) is 0 Å². The van der Waals surface area contributed by atoms with Crippen molar-refractivity contribution in [2.45, 2.75) is 20.8 Å². The van der Waals surface area contributed by atoms with Crippen molar-refractivity contribution in [1.82, 2.24) is 5.16 Å². The van der Waals surface area contributed by atoms with Crippen molar-refractivity contribution in [2.24, 2.45) is 0 Å². The Labute approximate surface area is 110 Å². The third kappa shape index (κ3) is 2.19. The number of aryl methyl sites for hydroxylation is 2. The molecule has 1 aromatic heterocycles. The Hall–Kier alpha value is -2.30. The molecule has 0 radical (unpaired) electrons. The van der Waals surface area contributed by atoms with Crippen LogP contribution in [0.4, 0.5) is 0 Å². The summed E-state index contributed by atoms with van der Waals surface area (Å²) in [4.78, 5) is 11.0. The second-order valence-electron chi connectivity index (χ2n) is 4.43. The predicted octanol–water partition coefficient (Wildman–Crippen LogP) is 2.97. The third-order valence-electron chi connectivity index (χ3n) is 3.10. The lowest BCUT2D eigenvalue weighted by Crippen LogP contribution is -1.97. The van der Waals surface area contributed by atoms with Gasteiger partial charge in [0, 0.05) is 11.1 Å². The van der Waals surface area contributed by atoms with E-state index in [0.717, 1.165) is 22.4 Å². The molecule has 2 rings (SSSR count). The molecular weight excluding hydrogens is 246 g/mol. The zero-order chi connectivity index (χ0) is 14.2. The van der Waals surface area contributed by atoms with Crippen LogP contribution in [0.25, 0.3) is 11.3 Å². The maximum atomic E-state index is 11.0. The van der Waals surface area contributed by atoms with Crippen LogP contribution in [0.3, 0.4) is 0 Å². The van der Waals surface area contributed by atoms with Gasteiger partial charge in [0.1, 0.15) is 11.4 Å². The number of carbonyl (C=O) groups is 1. The Bertz CT molecular complexity index is 620. The first-order valence-corrected chi connectivity index (χ1v) is 5.81. The van der Waals surface area contributed by atoms with Crippen molar-refractivity contribution in [3.8, 4) is 17.0 Å². The lowest BCUT2D eigenvalue weighted by Gasteiger charge is -2.10. The Morgan fingerprint density at radius 3 is 2.26 bits per heavy atom. The van der Waals surface area contributed by atoms with E-state index in [1.165, 1.54) is 0 Å². The van der Waals surface area contributed by atoms with Crippen LogP contribution in [0.1, 0.15) is 27.2 Å². The summed E-state index contributed by atoms with van der Waals surface area (Å²) in [6.07, 6.45) is 0. The van der Waals surface area contributed by atoms with Crippen LogP contribution in [0.2, 0.25) is 0 Å². The van der Waals surface area contributed by atoms with Gasteiger partial charge >= 0.3 is 5.97 Å². The van der Waals surface area contributed by atoms with Gasteiger partial charge in [-0.3, -0.25) is 0 Å². The maximum absolute atomic E-state index is 11.0. The second kappa shape index (κ2) is 4.76. The molecule has 1 N–H and O–H groups in total. The van der Waals surface area contributed by atoms with Crippen LogP contribution in [-0.4, -0.2) is 23.3 Å². The molecule has 0 fully saturated rings. The molecule has 0 aliphatic rings. The van der Waals surface area contributed by atoms with Gasteiger partial charge in [0.05, 0.1) is 7.11 Å². The number of hydrogen-bond donors (Lipinski definition) is 1. The van der Waals surface area contributed by atoms with Crippen LogP contribution in [0, 0.1) is 20.8 Å². The van der Waals surface area contributed by atoms with Crippen LogP contribution in [0.5, 0.6) is 5.75 Å². The summed E-state index contributed by atoms with van der Waals surface area (Å²) in [5.41, 5.74) is 3.91. The molecule has 0 amide bonds. The summed E-state index contributed by atoms with van der Waals surface area (Å²) in [5, 5.41) is 12.9. The van der Waals surface area contributed by atoms with Gasteiger partial charge in [0.25, 0.3) is 0 Å². The highest BCUT2D eigenvalue weighted by molar-refractivity contribution is 5.88. The highest BCUT2D eigenvalue weighted by Crippen LogP contribution is 2.33. The van der Waals surface area contributed by atoms with Gasteiger partial charge in [-0.25, -0.2) is 4.79 Å². The zero-order valence-electron chi connectivity index (χ0n) is 11.3. The molecule has 0 saturated heterocycles. The minimum Gasteiger partial charge on any atom is -0.497 e. The van der Waals surface area contributed by atoms with Crippen molar-refractivity contribution < 1.29 is 19.2 Å². The molecule has 0 unspecified atom stereocenters. The van der Waals surface area contributed by atoms with Gasteiger partial charge in [-0.1, -0.05) is 5.16 Å². The van der Waals surface area contributed by atoms with E-state index >= 15 is 0 Å². The fourth-order valence-electron chi connectivity index (χ4n) is 2.18. The van der Waals surface area contributed by atoms with E-state index in [1.54, 1.807) is 14.0 Å². The molecule has 0 aliphatic carbocycles. The van der Waals surface area contributed by atoms with Crippen LogP contribution in [0.15, 0.2) is 16.7 Å². The number of methoxy groups -OCH3 is 1. The van der Waals surface area contributed by atoms with E-state index in [1.807, 2.05) is 26.0 Å². The number of benzene rings is 1. The van der Waals surface area contributed by atoms with E-state index in [4.69, 9.17) is 14.4 Å². The summed E-state index contributed by atoms with van der Waals surface area (Å²) >= 11 is 0. The summed E-state index contributed by atoms with van der Waals surface area (Å²) < 4.78 is 10.1. The minimum absolute atomic E-state index is 0.121. The molecule has 0 atom stereocenters. The molecule has 5 nitrogen and oxygen atoms in total. The van der Waals surface area contributed by atoms with E-state index in [0.29, 0.717) is 11.3 Å². The van der Waals surface area contributed by atoms with Crippen LogP contribution >= 0.6 is 0 Å². The number of carboxylic acid groups (broad SMARTS) is 1. The van der Waals surface area contributed by atoms with Crippen molar-refractivity contribution in [3.63, 3.8) is 0 Å². The average molecular weight is 261 g/mol. The molecule has 1 aromatic carbocycles. The fraction of sp³-hybridized carbons (Fsp3) is 0.286. The summed E-state index contributed by atoms with van der Waals surface area (Å²) in [6.45, 7) is 5.55. The molecule has 0 aliphatic heterocycles. The first-order valence-electron chi connectivity index (χ1n) is 5.81. The zero-order valence-corrected chi connectivity index (χ0v) is 11.3. The summed E-state index contributed by atoms with van der Waals surface area (Å²) in [7, 11) is 1.61. The highest BCUT2D eigenvalue weighted by atomic mass is 16.5. The van der Waals surface area contributed by atoms with Gasteiger partial charge in [-0.05, 0) is 44.0 Å². The van der Waals surface area contributed by atoms with Gasteiger partial charge in [0.2, 0.25) is 5.76 Å². The average Bonchev–Trinajstić information content (AvgIpc) is 2.70. The molecule has 0 spiro atoms. The fourth-order valence-corrected chi connectivity index (χ4v) is 2.18. The standard InChI is InChI=1S/C14H15NO4/c1-7-5-10(18-4)6-8(2)11(7)12-9(3)13(14(16)17)19-15-12/h5-6H,1-4H3,(H,16,17). The molecule has 1 heterocycles. The van der Waals surface area contributed by atoms with Gasteiger partial charge in [-0.2, -0.15) is 0 Å². The molecule has 19 heavy (non-hydrogen) atoms. The van der Waals surface area contributed by atoms with E-state index in [-0.39, 0.29) is 5.76 Å². The third-order valence-corrected chi connectivity index (χ3v) is 3.10. The largest absolute Gasteiger partial charge is 0.497 e.